The third-order valence-electron chi connectivity index (χ3n) is 5.30. The summed E-state index contributed by atoms with van der Waals surface area (Å²) in [7, 11) is 0. The smallest absolute Gasteiger partial charge is 0.306 e. The van der Waals surface area contributed by atoms with Gasteiger partial charge in [-0.3, -0.25) is 14.2 Å². The molecular weight excluding hydrogens is 449 g/mol. The van der Waals surface area contributed by atoms with Crippen LogP contribution in [0.3, 0.4) is 0 Å². The Balaban J connectivity index is 1.55. The molecule has 0 unspecified atom stereocenters. The number of nitrogens with one attached hydrogen (secondary N) is 1. The zero-order valence-electron chi connectivity index (χ0n) is 18.1. The summed E-state index contributed by atoms with van der Waals surface area (Å²) >= 11 is 0. The lowest BCUT2D eigenvalue weighted by molar-refractivity contribution is -0.155. The van der Waals surface area contributed by atoms with Gasteiger partial charge in [0.15, 0.2) is 35.5 Å². The largest absolute Gasteiger partial charge is 0.456 e. The highest BCUT2D eigenvalue weighted by atomic mass is 19.1. The van der Waals surface area contributed by atoms with Gasteiger partial charge in [0.05, 0.1) is 19.4 Å². The first-order valence-corrected chi connectivity index (χ1v) is 10.5. The van der Waals surface area contributed by atoms with Gasteiger partial charge in [0.2, 0.25) is 0 Å². The Morgan fingerprint density at radius 3 is 2.65 bits per heavy atom. The number of carbonyl (C=O) groups is 3. The quantitative estimate of drug-likeness (QED) is 0.468. The van der Waals surface area contributed by atoms with Gasteiger partial charge in [-0.2, -0.15) is 0 Å². The number of hydrogen-bond acceptors (Lipinski definition) is 9. The number of ether oxygens (including phenoxy) is 2. The summed E-state index contributed by atoms with van der Waals surface area (Å²) < 4.78 is 27.4. The first-order chi connectivity index (χ1) is 16.4. The van der Waals surface area contributed by atoms with Gasteiger partial charge in [-0.25, -0.2) is 19.3 Å². The van der Waals surface area contributed by atoms with E-state index in [1.165, 1.54) is 24.1 Å². The Kier molecular flexibility index (Phi) is 6.89. The molecule has 1 aromatic carbocycles. The number of benzene rings is 1. The molecule has 0 spiro atoms. The van der Waals surface area contributed by atoms with Gasteiger partial charge in [0.25, 0.3) is 5.91 Å². The number of imidazole rings is 1. The van der Waals surface area contributed by atoms with Crippen LogP contribution < -0.4 is 5.32 Å². The van der Waals surface area contributed by atoms with E-state index in [9.17, 15) is 19.5 Å². The standard InChI is InChI=1S/C22H22FN5O6/c1-12(30)7-8-15(31)34-18-14(9-29)33-22(16(18)23)28-11-26-17-19(24-10-25-20(17)28)27-21(32)13-5-3-2-4-6-13/h2-6,10-11,14,16,18,22,29H,7-9H2,1H3,(H,24,25,27,32)/t14-,16+,18+,22-/m1/s1. The number of rotatable bonds is 8. The van der Waals surface area contributed by atoms with Crippen LogP contribution in [0.25, 0.3) is 11.2 Å². The van der Waals surface area contributed by atoms with Crippen molar-refractivity contribution in [3.8, 4) is 0 Å². The summed E-state index contributed by atoms with van der Waals surface area (Å²) in [5.41, 5.74) is 0.785. The maximum Gasteiger partial charge on any atom is 0.306 e. The second-order valence-corrected chi connectivity index (χ2v) is 7.72. The molecule has 11 nitrogen and oxygen atoms in total. The number of fused-ring (bicyclic) bond motifs is 1. The van der Waals surface area contributed by atoms with Crippen molar-refractivity contribution in [2.24, 2.45) is 0 Å². The molecule has 2 N–H and O–H groups in total. The molecule has 3 aromatic rings. The first kappa shape index (κ1) is 23.4. The molecule has 0 aliphatic carbocycles. The SMILES string of the molecule is CC(=O)CCC(=O)O[C@@H]1[C@H](F)[C@H](n2cnc3c(NC(=O)c4ccccc4)ncnc32)O[C@@H]1CO. The van der Waals surface area contributed by atoms with E-state index in [1.54, 1.807) is 30.3 Å². The molecule has 178 valence electrons. The summed E-state index contributed by atoms with van der Waals surface area (Å²) in [5.74, 6) is -1.26. The van der Waals surface area contributed by atoms with Crippen molar-refractivity contribution in [3.05, 3.63) is 48.5 Å². The van der Waals surface area contributed by atoms with Crippen LogP contribution >= 0.6 is 0 Å². The van der Waals surface area contributed by atoms with E-state index in [2.05, 4.69) is 20.3 Å². The number of alkyl halides is 1. The van der Waals surface area contributed by atoms with Crippen LogP contribution in [0.15, 0.2) is 43.0 Å². The van der Waals surface area contributed by atoms with Gasteiger partial charge >= 0.3 is 5.97 Å². The number of aliphatic hydroxyl groups is 1. The zero-order valence-corrected chi connectivity index (χ0v) is 18.1. The van der Waals surface area contributed by atoms with Crippen molar-refractivity contribution in [1.82, 2.24) is 19.5 Å². The molecule has 0 radical (unpaired) electrons. The fourth-order valence-electron chi connectivity index (χ4n) is 3.59. The number of aromatic nitrogens is 4. The van der Waals surface area contributed by atoms with Crippen LogP contribution in [0.2, 0.25) is 0 Å². The van der Waals surface area contributed by atoms with E-state index < -0.39 is 43.1 Å². The number of esters is 1. The molecule has 3 heterocycles. The minimum Gasteiger partial charge on any atom is -0.456 e. The molecule has 0 saturated carbocycles. The number of nitrogens with zero attached hydrogens (tertiary/aromatic N) is 4. The second-order valence-electron chi connectivity index (χ2n) is 7.72. The summed E-state index contributed by atoms with van der Waals surface area (Å²) in [6, 6.07) is 8.50. The van der Waals surface area contributed by atoms with Gasteiger partial charge in [0, 0.05) is 12.0 Å². The number of carbonyl (C=O) groups excluding carboxylic acids is 3. The normalized spacial score (nSPS) is 22.0. The number of amides is 1. The number of halogens is 1. The lowest BCUT2D eigenvalue weighted by atomic mass is 10.1. The molecule has 1 aliphatic heterocycles. The number of hydrogen-bond donors (Lipinski definition) is 2. The maximum atomic E-state index is 15.3. The lowest BCUT2D eigenvalue weighted by Crippen LogP contribution is -2.35. The molecule has 2 aromatic heterocycles. The van der Waals surface area contributed by atoms with E-state index in [4.69, 9.17) is 9.47 Å². The fourth-order valence-corrected chi connectivity index (χ4v) is 3.59. The predicted molar refractivity (Wildman–Crippen MR) is 115 cm³/mol. The zero-order chi connectivity index (χ0) is 24.2. The average molecular weight is 471 g/mol. The highest BCUT2D eigenvalue weighted by molar-refractivity contribution is 6.06. The number of Topliss-reactive ketones (excluding diaryl/α,β-unsaturated/α-hetero) is 1. The van der Waals surface area contributed by atoms with Crippen LogP contribution in [0, 0.1) is 0 Å². The van der Waals surface area contributed by atoms with Crippen molar-refractivity contribution in [1.29, 1.82) is 0 Å². The molecule has 1 aliphatic rings. The van der Waals surface area contributed by atoms with E-state index in [1.807, 2.05) is 0 Å². The molecule has 0 bridgehead atoms. The van der Waals surface area contributed by atoms with Gasteiger partial charge in [-0.15, -0.1) is 0 Å². The minimum atomic E-state index is -1.85. The summed E-state index contributed by atoms with van der Waals surface area (Å²) in [6.07, 6.45) is -3.45. The maximum absolute atomic E-state index is 15.3. The summed E-state index contributed by atoms with van der Waals surface area (Å²) in [4.78, 5) is 48.0. The second kappa shape index (κ2) is 10.0. The van der Waals surface area contributed by atoms with Crippen LogP contribution in [-0.4, -0.2) is 67.3 Å². The van der Waals surface area contributed by atoms with Crippen molar-refractivity contribution in [2.75, 3.05) is 11.9 Å². The molecular formula is C22H22FN5O6. The highest BCUT2D eigenvalue weighted by Gasteiger charge is 2.48. The van der Waals surface area contributed by atoms with E-state index in [0.717, 1.165) is 0 Å². The molecule has 1 saturated heterocycles. The van der Waals surface area contributed by atoms with E-state index in [0.29, 0.717) is 5.56 Å². The van der Waals surface area contributed by atoms with Crippen molar-refractivity contribution < 1.29 is 33.4 Å². The molecule has 1 amide bonds. The number of anilines is 1. The first-order valence-electron chi connectivity index (χ1n) is 10.5. The van der Waals surface area contributed by atoms with E-state index in [-0.39, 0.29) is 35.6 Å². The minimum absolute atomic E-state index is 0.0306. The monoisotopic (exact) mass is 471 g/mol. The molecule has 4 atom stereocenters. The summed E-state index contributed by atoms with van der Waals surface area (Å²) in [5, 5.41) is 12.3. The Bertz CT molecular complexity index is 1200. The molecule has 4 rings (SSSR count). The van der Waals surface area contributed by atoms with Crippen LogP contribution in [0.4, 0.5) is 10.2 Å². The Labute approximate surface area is 192 Å². The fraction of sp³-hybridized carbons (Fsp3) is 0.364. The van der Waals surface area contributed by atoms with Gasteiger partial charge in [-0.05, 0) is 19.1 Å². The molecule has 34 heavy (non-hydrogen) atoms. The van der Waals surface area contributed by atoms with Crippen molar-refractivity contribution >= 4 is 34.6 Å². The van der Waals surface area contributed by atoms with Gasteiger partial charge < -0.3 is 24.7 Å². The third-order valence-corrected chi connectivity index (χ3v) is 5.30. The Morgan fingerprint density at radius 2 is 1.94 bits per heavy atom. The Morgan fingerprint density at radius 1 is 1.18 bits per heavy atom. The lowest BCUT2D eigenvalue weighted by Gasteiger charge is -2.18. The number of aliphatic hydroxyl groups excluding tert-OH is 1. The average Bonchev–Trinajstić information content (AvgIpc) is 3.40. The van der Waals surface area contributed by atoms with Crippen LogP contribution in [-0.2, 0) is 19.1 Å². The molecule has 1 fully saturated rings. The van der Waals surface area contributed by atoms with Crippen LogP contribution in [0.5, 0.6) is 0 Å². The van der Waals surface area contributed by atoms with Crippen molar-refractivity contribution in [2.45, 2.75) is 44.4 Å². The topological polar surface area (TPSA) is 146 Å². The van der Waals surface area contributed by atoms with E-state index >= 15 is 4.39 Å². The third kappa shape index (κ3) is 4.77. The Hall–Kier alpha value is -3.77. The summed E-state index contributed by atoms with van der Waals surface area (Å²) in [6.45, 7) is 0.737. The van der Waals surface area contributed by atoms with Crippen molar-refractivity contribution in [3.63, 3.8) is 0 Å². The van der Waals surface area contributed by atoms with Crippen LogP contribution in [0.1, 0.15) is 36.4 Å². The number of ketones is 1. The van der Waals surface area contributed by atoms with Gasteiger partial charge in [0.1, 0.15) is 18.2 Å². The highest BCUT2D eigenvalue weighted by Crippen LogP contribution is 2.36. The van der Waals surface area contributed by atoms with Gasteiger partial charge in [-0.1, -0.05) is 18.2 Å². The molecule has 12 heteroatoms. The predicted octanol–water partition coefficient (Wildman–Crippen LogP) is 1.59.